The second-order valence-electron chi connectivity index (χ2n) is 8.11. The highest BCUT2D eigenvalue weighted by Crippen LogP contribution is 2.42. The molecule has 0 aliphatic carbocycles. The molecule has 3 aromatic rings. The van der Waals surface area contributed by atoms with E-state index in [1.54, 1.807) is 48.5 Å². The lowest BCUT2D eigenvalue weighted by Crippen LogP contribution is -2.29. The summed E-state index contributed by atoms with van der Waals surface area (Å²) in [5.74, 6) is -1.20. The van der Waals surface area contributed by atoms with Crippen molar-refractivity contribution in [2.45, 2.75) is 26.0 Å². The normalized spacial score (nSPS) is 17.3. The van der Waals surface area contributed by atoms with Gasteiger partial charge in [-0.2, -0.15) is 0 Å². The third kappa shape index (κ3) is 4.37. The summed E-state index contributed by atoms with van der Waals surface area (Å²) in [7, 11) is 1.53. The van der Waals surface area contributed by atoms with Crippen LogP contribution in [0, 0.1) is 5.82 Å². The highest BCUT2D eigenvalue weighted by atomic mass is 19.1. The Morgan fingerprint density at radius 1 is 0.912 bits per heavy atom. The molecule has 0 aromatic heterocycles. The third-order valence-corrected chi connectivity index (χ3v) is 5.48. The fourth-order valence-electron chi connectivity index (χ4n) is 3.92. The van der Waals surface area contributed by atoms with E-state index in [1.807, 2.05) is 13.8 Å². The van der Waals surface area contributed by atoms with Crippen molar-refractivity contribution in [1.29, 1.82) is 0 Å². The van der Waals surface area contributed by atoms with Gasteiger partial charge in [-0.05, 0) is 80.1 Å². The van der Waals surface area contributed by atoms with Crippen LogP contribution in [0.25, 0.3) is 5.76 Å². The standard InChI is InChI=1S/C27H24FNO5/c1-16(2)34-22-12-6-18(7-13-22)25(30)23-24(17-4-8-19(28)9-5-17)29(27(32)26(23)31)20-10-14-21(33-3)15-11-20/h4-16,24,30H,1-3H3/b25-23+. The molecule has 34 heavy (non-hydrogen) atoms. The smallest absolute Gasteiger partial charge is 0.300 e. The first kappa shape index (κ1) is 23.0. The second kappa shape index (κ2) is 9.39. The summed E-state index contributed by atoms with van der Waals surface area (Å²) in [4.78, 5) is 27.6. The van der Waals surface area contributed by atoms with E-state index in [-0.39, 0.29) is 17.4 Å². The van der Waals surface area contributed by atoms with E-state index in [1.165, 1.54) is 36.3 Å². The molecule has 1 atom stereocenters. The fraction of sp³-hybridized carbons (Fsp3) is 0.185. The molecule has 1 N–H and O–H groups in total. The lowest BCUT2D eigenvalue weighted by Gasteiger charge is -2.25. The van der Waals surface area contributed by atoms with Gasteiger partial charge in [-0.25, -0.2) is 4.39 Å². The summed E-state index contributed by atoms with van der Waals surface area (Å²) in [6.07, 6.45) is -0.0206. The third-order valence-electron chi connectivity index (χ3n) is 5.48. The number of carbonyl (C=O) groups is 2. The average molecular weight is 461 g/mol. The molecule has 3 aromatic carbocycles. The lowest BCUT2D eigenvalue weighted by atomic mass is 9.95. The maximum Gasteiger partial charge on any atom is 0.300 e. The van der Waals surface area contributed by atoms with Gasteiger partial charge in [0, 0.05) is 11.3 Å². The van der Waals surface area contributed by atoms with Crippen LogP contribution < -0.4 is 14.4 Å². The Morgan fingerprint density at radius 2 is 1.50 bits per heavy atom. The highest BCUT2D eigenvalue weighted by molar-refractivity contribution is 6.51. The second-order valence-corrected chi connectivity index (χ2v) is 8.11. The number of aliphatic hydroxyl groups is 1. The molecule has 7 heteroatoms. The van der Waals surface area contributed by atoms with Crippen LogP contribution in [-0.4, -0.2) is 30.0 Å². The number of amides is 1. The Bertz CT molecular complexity index is 1230. The number of rotatable bonds is 6. The van der Waals surface area contributed by atoms with Crippen LogP contribution in [-0.2, 0) is 9.59 Å². The van der Waals surface area contributed by atoms with E-state index in [0.29, 0.717) is 28.3 Å². The summed E-state index contributed by atoms with van der Waals surface area (Å²) >= 11 is 0. The zero-order valence-electron chi connectivity index (χ0n) is 19.0. The number of benzene rings is 3. The van der Waals surface area contributed by atoms with Gasteiger partial charge in [-0.1, -0.05) is 12.1 Å². The molecule has 1 unspecified atom stereocenters. The van der Waals surface area contributed by atoms with Gasteiger partial charge in [0.1, 0.15) is 23.1 Å². The summed E-state index contributed by atoms with van der Waals surface area (Å²) < 4.78 is 24.5. The topological polar surface area (TPSA) is 76.1 Å². The van der Waals surface area contributed by atoms with Crippen molar-refractivity contribution in [2.75, 3.05) is 12.0 Å². The first-order valence-corrected chi connectivity index (χ1v) is 10.8. The molecule has 0 radical (unpaired) electrons. The molecule has 0 saturated carbocycles. The van der Waals surface area contributed by atoms with Crippen LogP contribution in [0.5, 0.6) is 11.5 Å². The monoisotopic (exact) mass is 461 g/mol. The van der Waals surface area contributed by atoms with Crippen molar-refractivity contribution >= 4 is 23.1 Å². The Balaban J connectivity index is 1.84. The number of halogens is 1. The number of ketones is 1. The molecule has 1 heterocycles. The number of aliphatic hydroxyl groups excluding tert-OH is 1. The molecule has 1 aliphatic heterocycles. The fourth-order valence-corrected chi connectivity index (χ4v) is 3.92. The molecule has 1 amide bonds. The maximum atomic E-state index is 13.6. The number of ether oxygens (including phenoxy) is 2. The number of hydrogen-bond acceptors (Lipinski definition) is 5. The van der Waals surface area contributed by atoms with Crippen molar-refractivity contribution in [3.63, 3.8) is 0 Å². The first-order chi connectivity index (χ1) is 16.3. The number of nitrogens with zero attached hydrogens (tertiary/aromatic N) is 1. The van der Waals surface area contributed by atoms with Crippen molar-refractivity contribution in [3.05, 3.63) is 95.3 Å². The number of hydrogen-bond donors (Lipinski definition) is 1. The Hall–Kier alpha value is -4.13. The molecule has 174 valence electrons. The number of Topliss-reactive ketones (excluding diaryl/α,β-unsaturated/α-hetero) is 1. The van der Waals surface area contributed by atoms with Crippen LogP contribution in [0.4, 0.5) is 10.1 Å². The summed E-state index contributed by atoms with van der Waals surface area (Å²) in [5.41, 5.74) is 1.20. The number of methoxy groups -OCH3 is 1. The predicted octanol–water partition coefficient (Wildman–Crippen LogP) is 5.25. The molecule has 0 spiro atoms. The summed E-state index contributed by atoms with van der Waals surface area (Å²) in [6.45, 7) is 3.80. The zero-order valence-corrected chi connectivity index (χ0v) is 19.0. The van der Waals surface area contributed by atoms with Crippen LogP contribution in [0.3, 0.4) is 0 Å². The van der Waals surface area contributed by atoms with Gasteiger partial charge in [0.05, 0.1) is 24.8 Å². The van der Waals surface area contributed by atoms with Crippen LogP contribution in [0.2, 0.25) is 0 Å². The highest BCUT2D eigenvalue weighted by Gasteiger charge is 2.47. The Kier molecular flexibility index (Phi) is 6.36. The Morgan fingerprint density at radius 3 is 2.06 bits per heavy atom. The van der Waals surface area contributed by atoms with Crippen LogP contribution in [0.15, 0.2) is 78.4 Å². The largest absolute Gasteiger partial charge is 0.507 e. The van der Waals surface area contributed by atoms with Gasteiger partial charge in [-0.15, -0.1) is 0 Å². The SMILES string of the molecule is COc1ccc(N2C(=O)C(=O)/C(=C(/O)c3ccc(OC(C)C)cc3)C2c2ccc(F)cc2)cc1. The van der Waals surface area contributed by atoms with Gasteiger partial charge in [0.2, 0.25) is 0 Å². The van der Waals surface area contributed by atoms with Crippen LogP contribution >= 0.6 is 0 Å². The van der Waals surface area contributed by atoms with Gasteiger partial charge in [-0.3, -0.25) is 14.5 Å². The minimum absolute atomic E-state index is 0.0206. The van der Waals surface area contributed by atoms with E-state index < -0.39 is 23.5 Å². The van der Waals surface area contributed by atoms with Gasteiger partial charge >= 0.3 is 0 Å². The van der Waals surface area contributed by atoms with Crippen LogP contribution in [0.1, 0.15) is 31.0 Å². The number of anilines is 1. The average Bonchev–Trinajstić information content (AvgIpc) is 3.09. The minimum atomic E-state index is -0.944. The molecular weight excluding hydrogens is 437 g/mol. The van der Waals surface area contributed by atoms with Gasteiger partial charge < -0.3 is 14.6 Å². The van der Waals surface area contributed by atoms with E-state index >= 15 is 0 Å². The minimum Gasteiger partial charge on any atom is -0.507 e. The Labute approximate surface area is 196 Å². The van der Waals surface area contributed by atoms with E-state index in [9.17, 15) is 19.1 Å². The first-order valence-electron chi connectivity index (χ1n) is 10.8. The van der Waals surface area contributed by atoms with Crippen molar-refractivity contribution in [3.8, 4) is 11.5 Å². The molecule has 1 saturated heterocycles. The van der Waals surface area contributed by atoms with Gasteiger partial charge in [0.25, 0.3) is 11.7 Å². The molecule has 0 bridgehead atoms. The quantitative estimate of drug-likeness (QED) is 0.308. The predicted molar refractivity (Wildman–Crippen MR) is 126 cm³/mol. The molecule has 6 nitrogen and oxygen atoms in total. The summed E-state index contributed by atoms with van der Waals surface area (Å²) in [5, 5.41) is 11.2. The molecule has 4 rings (SSSR count). The van der Waals surface area contributed by atoms with E-state index in [0.717, 1.165) is 0 Å². The summed E-state index contributed by atoms with van der Waals surface area (Å²) in [6, 6.07) is 17.8. The van der Waals surface area contributed by atoms with E-state index in [2.05, 4.69) is 0 Å². The zero-order chi connectivity index (χ0) is 24.4. The lowest BCUT2D eigenvalue weighted by molar-refractivity contribution is -0.132. The maximum absolute atomic E-state index is 13.6. The van der Waals surface area contributed by atoms with E-state index in [4.69, 9.17) is 9.47 Å². The van der Waals surface area contributed by atoms with Crippen molar-refractivity contribution in [2.24, 2.45) is 0 Å². The molecule has 1 fully saturated rings. The van der Waals surface area contributed by atoms with Crippen molar-refractivity contribution < 1.29 is 28.6 Å². The number of carbonyl (C=O) groups excluding carboxylic acids is 2. The van der Waals surface area contributed by atoms with Gasteiger partial charge in [0.15, 0.2) is 0 Å². The van der Waals surface area contributed by atoms with Crippen molar-refractivity contribution in [1.82, 2.24) is 0 Å². The molecule has 1 aliphatic rings. The molecular formula is C27H24FNO5.